The normalized spacial score (nSPS) is 13.7. The van der Waals surface area contributed by atoms with E-state index in [4.69, 9.17) is 0 Å². The summed E-state index contributed by atoms with van der Waals surface area (Å²) in [6, 6.07) is 16.1. The summed E-state index contributed by atoms with van der Waals surface area (Å²) in [6.45, 7) is 1.97. The van der Waals surface area contributed by atoms with E-state index >= 15 is 0 Å². The zero-order chi connectivity index (χ0) is 16.2. The molecule has 3 amide bonds. The number of anilines is 2. The van der Waals surface area contributed by atoms with E-state index in [1.165, 1.54) is 5.01 Å². The van der Waals surface area contributed by atoms with E-state index in [0.717, 1.165) is 5.56 Å². The Hall–Kier alpha value is -3.15. The molecule has 2 aromatic rings. The maximum absolute atomic E-state index is 12.0. The molecule has 2 aromatic carbocycles. The van der Waals surface area contributed by atoms with Gasteiger partial charge in [0.1, 0.15) is 5.84 Å². The average Bonchev–Trinajstić information content (AvgIpc) is 2.91. The molecular formula is C17H16N4O2. The Morgan fingerprint density at radius 2 is 1.74 bits per heavy atom. The second kappa shape index (κ2) is 6.31. The van der Waals surface area contributed by atoms with Gasteiger partial charge in [-0.25, -0.2) is 4.79 Å². The highest BCUT2D eigenvalue weighted by Gasteiger charge is 2.26. The van der Waals surface area contributed by atoms with Crippen LogP contribution in [0.2, 0.25) is 0 Å². The fraction of sp³-hybridized carbons (Fsp3) is 0.118. The number of carbonyl (C=O) groups excluding carboxylic acids is 2. The summed E-state index contributed by atoms with van der Waals surface area (Å²) in [7, 11) is 0. The van der Waals surface area contributed by atoms with Crippen LogP contribution >= 0.6 is 0 Å². The van der Waals surface area contributed by atoms with E-state index in [2.05, 4.69) is 15.7 Å². The van der Waals surface area contributed by atoms with Crippen LogP contribution in [0.5, 0.6) is 0 Å². The number of amidine groups is 1. The molecule has 6 nitrogen and oxygen atoms in total. The fourth-order valence-electron chi connectivity index (χ4n) is 2.20. The van der Waals surface area contributed by atoms with E-state index < -0.39 is 6.03 Å². The van der Waals surface area contributed by atoms with Gasteiger partial charge < -0.3 is 5.32 Å². The number of para-hydroxylation sites is 1. The van der Waals surface area contributed by atoms with Gasteiger partial charge >= 0.3 is 6.03 Å². The van der Waals surface area contributed by atoms with Gasteiger partial charge in [0, 0.05) is 5.69 Å². The van der Waals surface area contributed by atoms with Crippen molar-refractivity contribution in [3.63, 3.8) is 0 Å². The molecule has 0 aliphatic carbocycles. The molecule has 23 heavy (non-hydrogen) atoms. The molecule has 116 valence electrons. The third-order valence-electron chi connectivity index (χ3n) is 3.34. The summed E-state index contributed by atoms with van der Waals surface area (Å²) in [6.07, 6.45) is 0.0657. The lowest BCUT2D eigenvalue weighted by molar-refractivity contribution is -0.116. The highest BCUT2D eigenvalue weighted by atomic mass is 16.2. The first-order valence-electron chi connectivity index (χ1n) is 7.22. The second-order valence-corrected chi connectivity index (χ2v) is 5.21. The summed E-state index contributed by atoms with van der Waals surface area (Å²) in [5, 5.41) is 10.8. The number of amides is 3. The Kier molecular flexibility index (Phi) is 4.05. The molecule has 0 bridgehead atoms. The topological polar surface area (TPSA) is 73.8 Å². The number of nitrogens with one attached hydrogen (secondary N) is 2. The molecule has 0 spiro atoms. The Bertz CT molecular complexity index is 754. The van der Waals surface area contributed by atoms with Gasteiger partial charge in [0.05, 0.1) is 12.1 Å². The number of hydrazone groups is 1. The SMILES string of the molecule is Cc1ccc(NC(=O)NC2=NN(c3ccccc3)C(=O)C2)cc1. The zero-order valence-corrected chi connectivity index (χ0v) is 12.6. The minimum absolute atomic E-state index is 0.0657. The van der Waals surface area contributed by atoms with Gasteiger partial charge in [0.25, 0.3) is 5.91 Å². The van der Waals surface area contributed by atoms with Crippen molar-refractivity contribution in [2.24, 2.45) is 5.10 Å². The zero-order valence-electron chi connectivity index (χ0n) is 12.6. The highest BCUT2D eigenvalue weighted by Crippen LogP contribution is 2.19. The van der Waals surface area contributed by atoms with Crippen LogP contribution in [-0.2, 0) is 4.79 Å². The molecule has 1 heterocycles. The Morgan fingerprint density at radius 3 is 2.43 bits per heavy atom. The number of aryl methyl sites for hydroxylation is 1. The van der Waals surface area contributed by atoms with Crippen LogP contribution in [0.4, 0.5) is 16.2 Å². The first-order chi connectivity index (χ1) is 11.1. The third kappa shape index (κ3) is 3.55. The van der Waals surface area contributed by atoms with Gasteiger partial charge in [-0.1, -0.05) is 35.9 Å². The quantitative estimate of drug-likeness (QED) is 0.895. The lowest BCUT2D eigenvalue weighted by atomic mass is 10.2. The van der Waals surface area contributed by atoms with Crippen LogP contribution < -0.4 is 15.6 Å². The number of hydrogen-bond acceptors (Lipinski definition) is 3. The van der Waals surface area contributed by atoms with Crippen molar-refractivity contribution >= 4 is 29.1 Å². The van der Waals surface area contributed by atoms with Crippen molar-refractivity contribution in [1.29, 1.82) is 0 Å². The lowest BCUT2D eigenvalue weighted by Crippen LogP contribution is -2.33. The minimum atomic E-state index is -0.421. The second-order valence-electron chi connectivity index (χ2n) is 5.21. The summed E-state index contributed by atoms with van der Waals surface area (Å²) in [5.41, 5.74) is 2.46. The molecule has 2 N–H and O–H groups in total. The maximum Gasteiger partial charge on any atom is 0.324 e. The van der Waals surface area contributed by atoms with Gasteiger partial charge in [-0.15, -0.1) is 0 Å². The van der Waals surface area contributed by atoms with Crippen molar-refractivity contribution in [1.82, 2.24) is 5.32 Å². The molecule has 1 aliphatic rings. The van der Waals surface area contributed by atoms with Crippen LogP contribution in [0.25, 0.3) is 0 Å². The average molecular weight is 308 g/mol. The largest absolute Gasteiger partial charge is 0.324 e. The van der Waals surface area contributed by atoms with Crippen LogP contribution in [-0.4, -0.2) is 17.8 Å². The van der Waals surface area contributed by atoms with Crippen LogP contribution in [0.3, 0.4) is 0 Å². The predicted molar refractivity (Wildman–Crippen MR) is 89.3 cm³/mol. The molecule has 0 fully saturated rings. The van der Waals surface area contributed by atoms with Gasteiger partial charge in [0.2, 0.25) is 0 Å². The number of nitrogens with zero attached hydrogens (tertiary/aromatic N) is 2. The molecule has 0 saturated carbocycles. The predicted octanol–water partition coefficient (Wildman–Crippen LogP) is 2.87. The van der Waals surface area contributed by atoms with E-state index in [0.29, 0.717) is 17.2 Å². The molecule has 3 rings (SSSR count). The molecule has 0 radical (unpaired) electrons. The van der Waals surface area contributed by atoms with Gasteiger partial charge in [-0.2, -0.15) is 10.1 Å². The number of hydrogen-bond donors (Lipinski definition) is 2. The van der Waals surface area contributed by atoms with Crippen LogP contribution in [0.1, 0.15) is 12.0 Å². The summed E-state index contributed by atoms with van der Waals surface area (Å²) < 4.78 is 0. The van der Waals surface area contributed by atoms with Crippen molar-refractivity contribution in [2.75, 3.05) is 10.3 Å². The smallest absolute Gasteiger partial charge is 0.308 e. The summed E-state index contributed by atoms with van der Waals surface area (Å²) >= 11 is 0. The van der Waals surface area contributed by atoms with E-state index in [1.807, 2.05) is 49.4 Å². The van der Waals surface area contributed by atoms with E-state index in [9.17, 15) is 9.59 Å². The Balaban J connectivity index is 1.65. The van der Waals surface area contributed by atoms with Crippen molar-refractivity contribution < 1.29 is 9.59 Å². The standard InChI is InChI=1S/C17H16N4O2/c1-12-7-9-13(10-8-12)18-17(23)19-15-11-16(22)21(20-15)14-5-3-2-4-6-14/h2-10H,11H2,1H3,(H2,18,19,20,23). The first-order valence-corrected chi connectivity index (χ1v) is 7.22. The fourth-order valence-corrected chi connectivity index (χ4v) is 2.20. The van der Waals surface area contributed by atoms with E-state index in [-0.39, 0.29) is 12.3 Å². The molecule has 0 atom stereocenters. The maximum atomic E-state index is 12.0. The lowest BCUT2D eigenvalue weighted by Gasteiger charge is -2.10. The van der Waals surface area contributed by atoms with Crippen LogP contribution in [0, 0.1) is 6.92 Å². The summed E-state index contributed by atoms with van der Waals surface area (Å²) in [4.78, 5) is 24.0. The van der Waals surface area contributed by atoms with Gasteiger partial charge in [-0.05, 0) is 31.2 Å². The van der Waals surface area contributed by atoms with E-state index in [1.54, 1.807) is 12.1 Å². The molecule has 6 heteroatoms. The first kappa shape index (κ1) is 14.8. The Labute approximate surface area is 133 Å². The summed E-state index contributed by atoms with van der Waals surface area (Å²) in [5.74, 6) is 0.144. The Morgan fingerprint density at radius 1 is 1.04 bits per heavy atom. The highest BCUT2D eigenvalue weighted by molar-refractivity contribution is 6.16. The monoisotopic (exact) mass is 308 g/mol. The molecule has 0 aromatic heterocycles. The van der Waals surface area contributed by atoms with Gasteiger partial charge in [-0.3, -0.25) is 10.1 Å². The number of benzene rings is 2. The molecular weight excluding hydrogens is 292 g/mol. The number of rotatable bonds is 2. The van der Waals surface area contributed by atoms with Crippen LogP contribution in [0.15, 0.2) is 59.7 Å². The minimum Gasteiger partial charge on any atom is -0.308 e. The molecule has 0 saturated heterocycles. The van der Waals surface area contributed by atoms with Crippen molar-refractivity contribution in [3.8, 4) is 0 Å². The number of carbonyl (C=O) groups is 2. The van der Waals surface area contributed by atoms with Gasteiger partial charge in [0.15, 0.2) is 0 Å². The number of urea groups is 1. The third-order valence-corrected chi connectivity index (χ3v) is 3.34. The molecule has 0 unspecified atom stereocenters. The van der Waals surface area contributed by atoms with Crippen molar-refractivity contribution in [3.05, 3.63) is 60.2 Å². The molecule has 1 aliphatic heterocycles. The van der Waals surface area contributed by atoms with Crippen molar-refractivity contribution in [2.45, 2.75) is 13.3 Å².